The van der Waals surface area contributed by atoms with Gasteiger partial charge in [0.2, 0.25) is 5.91 Å². The number of hydrogen-bond donors (Lipinski definition) is 2. The van der Waals surface area contributed by atoms with E-state index in [0.29, 0.717) is 23.0 Å². The van der Waals surface area contributed by atoms with Gasteiger partial charge in [0.15, 0.2) is 0 Å². The van der Waals surface area contributed by atoms with Gasteiger partial charge >= 0.3 is 0 Å². The van der Waals surface area contributed by atoms with Gasteiger partial charge in [0.25, 0.3) is 5.69 Å². The van der Waals surface area contributed by atoms with Gasteiger partial charge in [-0.15, -0.1) is 0 Å². The predicted molar refractivity (Wildman–Crippen MR) is 103 cm³/mol. The Morgan fingerprint density at radius 1 is 1.22 bits per heavy atom. The number of pyridine rings is 1. The second-order valence-electron chi connectivity index (χ2n) is 5.67. The van der Waals surface area contributed by atoms with Crippen molar-refractivity contribution in [3.8, 4) is 11.5 Å². The summed E-state index contributed by atoms with van der Waals surface area (Å²) >= 11 is 0. The van der Waals surface area contributed by atoms with E-state index in [1.807, 2.05) is 18.7 Å². The van der Waals surface area contributed by atoms with Crippen molar-refractivity contribution in [1.29, 1.82) is 0 Å². The molecule has 1 heterocycles. The molecule has 0 saturated heterocycles. The number of anilines is 2. The lowest BCUT2D eigenvalue weighted by Crippen LogP contribution is -2.33. The summed E-state index contributed by atoms with van der Waals surface area (Å²) in [5, 5.41) is 16.6. The maximum absolute atomic E-state index is 12.1. The van der Waals surface area contributed by atoms with Gasteiger partial charge in [-0.2, -0.15) is 0 Å². The lowest BCUT2D eigenvalue weighted by Gasteiger charge is -2.17. The second-order valence-corrected chi connectivity index (χ2v) is 5.67. The summed E-state index contributed by atoms with van der Waals surface area (Å²) in [7, 11) is 1.61. The minimum atomic E-state index is -0.482. The molecule has 1 aromatic carbocycles. The van der Waals surface area contributed by atoms with Gasteiger partial charge in [0.1, 0.15) is 23.0 Å². The van der Waals surface area contributed by atoms with Crippen LogP contribution in [-0.2, 0) is 4.79 Å². The predicted octanol–water partition coefficient (Wildman–Crippen LogP) is 3.10. The molecular weight excluding hydrogens is 350 g/mol. The van der Waals surface area contributed by atoms with Crippen LogP contribution in [0.15, 0.2) is 36.5 Å². The molecular formula is C18H23N5O4. The zero-order chi connectivity index (χ0) is 19.8. The first-order chi connectivity index (χ1) is 13.0. The van der Waals surface area contributed by atoms with Crippen LogP contribution in [0.1, 0.15) is 13.8 Å². The molecule has 0 fully saturated rings. The van der Waals surface area contributed by atoms with Crippen molar-refractivity contribution >= 4 is 23.1 Å². The number of nitro groups is 1. The summed E-state index contributed by atoms with van der Waals surface area (Å²) in [6.45, 7) is 5.81. The van der Waals surface area contributed by atoms with Crippen molar-refractivity contribution in [2.45, 2.75) is 13.8 Å². The standard InChI is InChI=1S/C18H23N5O4/c1-4-22(5-2)12-18(24)21-17-11-14(8-9-20-17)27-13-6-7-15(19-3)16(10-13)23(25)26/h6-11,19H,4-5,12H2,1-3H3,(H,20,21,24). The number of carbonyl (C=O) groups is 1. The van der Waals surface area contributed by atoms with Crippen LogP contribution >= 0.6 is 0 Å². The van der Waals surface area contributed by atoms with Gasteiger partial charge in [0.05, 0.1) is 17.5 Å². The first kappa shape index (κ1) is 20.1. The third-order valence-corrected chi connectivity index (χ3v) is 3.93. The molecule has 144 valence electrons. The molecule has 1 aromatic heterocycles. The van der Waals surface area contributed by atoms with Crippen LogP contribution in [0.5, 0.6) is 11.5 Å². The van der Waals surface area contributed by atoms with Crippen LogP contribution < -0.4 is 15.4 Å². The van der Waals surface area contributed by atoms with Crippen molar-refractivity contribution in [3.63, 3.8) is 0 Å². The van der Waals surface area contributed by atoms with Crippen LogP contribution in [0.25, 0.3) is 0 Å². The number of benzene rings is 1. The Bertz CT molecular complexity index is 808. The normalized spacial score (nSPS) is 10.5. The number of aromatic nitrogens is 1. The third-order valence-electron chi connectivity index (χ3n) is 3.93. The van der Waals surface area contributed by atoms with Gasteiger partial charge in [-0.05, 0) is 31.3 Å². The zero-order valence-electron chi connectivity index (χ0n) is 15.6. The number of nitro benzene ring substituents is 1. The minimum Gasteiger partial charge on any atom is -0.457 e. The monoisotopic (exact) mass is 373 g/mol. The van der Waals surface area contributed by atoms with Crippen LogP contribution in [0.4, 0.5) is 17.2 Å². The highest BCUT2D eigenvalue weighted by atomic mass is 16.6. The summed E-state index contributed by atoms with van der Waals surface area (Å²) < 4.78 is 5.68. The molecule has 9 heteroatoms. The molecule has 0 unspecified atom stereocenters. The molecule has 0 aliphatic carbocycles. The summed E-state index contributed by atoms with van der Waals surface area (Å²) in [6, 6.07) is 7.71. The molecule has 2 aromatic rings. The Kier molecular flexibility index (Phi) is 7.07. The molecule has 0 bridgehead atoms. The van der Waals surface area contributed by atoms with Crippen LogP contribution in [-0.4, -0.2) is 47.4 Å². The molecule has 2 N–H and O–H groups in total. The van der Waals surface area contributed by atoms with Gasteiger partial charge < -0.3 is 15.4 Å². The van der Waals surface area contributed by atoms with E-state index in [1.54, 1.807) is 31.3 Å². The molecule has 27 heavy (non-hydrogen) atoms. The number of carbonyl (C=O) groups excluding carboxylic acids is 1. The highest BCUT2D eigenvalue weighted by Crippen LogP contribution is 2.31. The Morgan fingerprint density at radius 3 is 2.56 bits per heavy atom. The molecule has 0 saturated carbocycles. The van der Waals surface area contributed by atoms with Gasteiger partial charge in [0, 0.05) is 19.3 Å². The van der Waals surface area contributed by atoms with Crippen LogP contribution in [0.3, 0.4) is 0 Å². The Labute approximate surface area is 157 Å². The highest BCUT2D eigenvalue weighted by Gasteiger charge is 2.15. The molecule has 0 aliphatic rings. The molecule has 0 radical (unpaired) electrons. The topological polar surface area (TPSA) is 110 Å². The Hall–Kier alpha value is -3.20. The largest absolute Gasteiger partial charge is 0.457 e. The number of amides is 1. The second kappa shape index (κ2) is 9.48. The van der Waals surface area contributed by atoms with Crippen molar-refractivity contribution in [3.05, 3.63) is 46.6 Å². The highest BCUT2D eigenvalue weighted by molar-refractivity contribution is 5.91. The van der Waals surface area contributed by atoms with E-state index in [4.69, 9.17) is 4.74 Å². The van der Waals surface area contributed by atoms with E-state index < -0.39 is 4.92 Å². The zero-order valence-corrected chi connectivity index (χ0v) is 15.6. The minimum absolute atomic E-state index is 0.0863. The summed E-state index contributed by atoms with van der Waals surface area (Å²) in [6.07, 6.45) is 1.50. The Balaban J connectivity index is 2.10. The van der Waals surface area contributed by atoms with E-state index in [1.165, 1.54) is 12.3 Å². The number of nitrogens with zero attached hydrogens (tertiary/aromatic N) is 3. The van der Waals surface area contributed by atoms with Crippen molar-refractivity contribution in [2.24, 2.45) is 0 Å². The molecule has 0 aliphatic heterocycles. The molecule has 2 rings (SSSR count). The fourth-order valence-corrected chi connectivity index (χ4v) is 2.45. The molecule has 0 atom stereocenters. The first-order valence-corrected chi connectivity index (χ1v) is 8.59. The average Bonchev–Trinajstić information content (AvgIpc) is 2.66. The van der Waals surface area contributed by atoms with E-state index >= 15 is 0 Å². The lowest BCUT2D eigenvalue weighted by atomic mass is 10.2. The number of rotatable bonds is 9. The first-order valence-electron chi connectivity index (χ1n) is 8.59. The molecule has 0 spiro atoms. The smallest absolute Gasteiger partial charge is 0.296 e. The van der Waals surface area contributed by atoms with E-state index in [-0.39, 0.29) is 18.1 Å². The summed E-state index contributed by atoms with van der Waals surface area (Å²) in [4.78, 5) is 28.8. The van der Waals surface area contributed by atoms with Crippen LogP contribution in [0, 0.1) is 10.1 Å². The van der Waals surface area contributed by atoms with Gasteiger partial charge in [-0.3, -0.25) is 19.8 Å². The quantitative estimate of drug-likeness (QED) is 0.513. The van der Waals surface area contributed by atoms with E-state index in [2.05, 4.69) is 15.6 Å². The fraction of sp³-hybridized carbons (Fsp3) is 0.333. The van der Waals surface area contributed by atoms with Crippen molar-refractivity contribution < 1.29 is 14.5 Å². The number of ether oxygens (including phenoxy) is 1. The van der Waals surface area contributed by atoms with E-state index in [9.17, 15) is 14.9 Å². The Morgan fingerprint density at radius 2 is 1.93 bits per heavy atom. The average molecular weight is 373 g/mol. The SMILES string of the molecule is CCN(CC)CC(=O)Nc1cc(Oc2ccc(NC)c([N+](=O)[O-])c2)ccn1. The van der Waals surface area contributed by atoms with Gasteiger partial charge in [-0.1, -0.05) is 13.8 Å². The van der Waals surface area contributed by atoms with Gasteiger partial charge in [-0.25, -0.2) is 4.98 Å². The summed E-state index contributed by atoms with van der Waals surface area (Å²) in [5.41, 5.74) is 0.309. The maximum atomic E-state index is 12.1. The lowest BCUT2D eigenvalue weighted by molar-refractivity contribution is -0.384. The molecule has 9 nitrogen and oxygen atoms in total. The number of hydrogen-bond acceptors (Lipinski definition) is 7. The number of nitrogens with one attached hydrogen (secondary N) is 2. The third kappa shape index (κ3) is 5.65. The number of likely N-dealkylation sites (N-methyl/N-ethyl adjacent to an activating group) is 1. The maximum Gasteiger partial charge on any atom is 0.296 e. The van der Waals surface area contributed by atoms with E-state index in [0.717, 1.165) is 13.1 Å². The van der Waals surface area contributed by atoms with Crippen molar-refractivity contribution in [2.75, 3.05) is 37.3 Å². The fourth-order valence-electron chi connectivity index (χ4n) is 2.45. The van der Waals surface area contributed by atoms with Crippen molar-refractivity contribution in [1.82, 2.24) is 9.88 Å². The molecule has 1 amide bonds. The summed E-state index contributed by atoms with van der Waals surface area (Å²) in [5.74, 6) is 0.908. The van der Waals surface area contributed by atoms with Crippen LogP contribution in [0.2, 0.25) is 0 Å².